The summed E-state index contributed by atoms with van der Waals surface area (Å²) in [6.07, 6.45) is 3.61. The Balaban J connectivity index is 4.82. The Morgan fingerprint density at radius 3 is 2.00 bits per heavy atom. The first-order valence-electron chi connectivity index (χ1n) is 2.66. The van der Waals surface area contributed by atoms with Crippen molar-refractivity contribution in [2.45, 2.75) is 0 Å². The van der Waals surface area contributed by atoms with Crippen LogP contribution >= 0.6 is 23.5 Å². The van der Waals surface area contributed by atoms with E-state index in [1.165, 1.54) is 23.5 Å². The van der Waals surface area contributed by atoms with E-state index in [0.717, 1.165) is 0 Å². The van der Waals surface area contributed by atoms with Crippen molar-refractivity contribution in [2.75, 3.05) is 12.5 Å². The van der Waals surface area contributed by atoms with Crippen molar-refractivity contribution in [3.8, 4) is 0 Å². The molecule has 0 atom stereocenters. The summed E-state index contributed by atoms with van der Waals surface area (Å²) in [5.74, 6) is -0.654. The van der Waals surface area contributed by atoms with E-state index < -0.39 is 5.91 Å². The lowest BCUT2D eigenvalue weighted by Gasteiger charge is -1.99. The van der Waals surface area contributed by atoms with Crippen molar-refractivity contribution in [1.82, 2.24) is 0 Å². The summed E-state index contributed by atoms with van der Waals surface area (Å²) in [6, 6.07) is 0. The maximum atomic E-state index is 10.6. The second kappa shape index (κ2) is 5.10. The van der Waals surface area contributed by atoms with Crippen LogP contribution in [0.5, 0.6) is 0 Å². The number of thioether (sulfide) groups is 2. The molecule has 0 aliphatic heterocycles. The van der Waals surface area contributed by atoms with Gasteiger partial charge in [-0.2, -0.15) is 0 Å². The average molecular weight is 188 g/mol. The molecule has 0 bridgehead atoms. The summed E-state index contributed by atoms with van der Waals surface area (Å²) < 4.78 is 0.674. The second-order valence-corrected chi connectivity index (χ2v) is 3.41. The monoisotopic (exact) mass is 188 g/mol. The Bertz CT molecular complexity index is 223. The summed E-state index contributed by atoms with van der Waals surface area (Å²) in [6.45, 7) is 6.67. The molecule has 11 heavy (non-hydrogen) atoms. The minimum Gasteiger partial charge on any atom is -0.375 e. The summed E-state index contributed by atoms with van der Waals surface area (Å²) >= 11 is 2.72. The molecule has 0 aromatic carbocycles. The zero-order valence-electron chi connectivity index (χ0n) is 6.25. The zero-order chi connectivity index (χ0) is 8.85. The van der Waals surface area contributed by atoms with Gasteiger partial charge in [-0.3, -0.25) is 4.79 Å². The Morgan fingerprint density at radius 2 is 1.91 bits per heavy atom. The zero-order valence-corrected chi connectivity index (χ0v) is 7.88. The van der Waals surface area contributed by atoms with Gasteiger partial charge in [-0.15, -0.1) is 23.5 Å². The van der Waals surface area contributed by atoms with Crippen LogP contribution in [0.25, 0.3) is 4.85 Å². The van der Waals surface area contributed by atoms with E-state index in [1.807, 2.05) is 0 Å². The van der Waals surface area contributed by atoms with Crippen LogP contribution in [0.4, 0.5) is 0 Å². The van der Waals surface area contributed by atoms with Crippen molar-refractivity contribution in [3.05, 3.63) is 21.4 Å². The molecule has 2 N–H and O–H groups in total. The molecular formula is C6H8N2OS2. The molecular weight excluding hydrogens is 180 g/mol. The normalized spacial score (nSPS) is 8.45. The van der Waals surface area contributed by atoms with E-state index in [9.17, 15) is 4.79 Å². The molecule has 60 valence electrons. The highest BCUT2D eigenvalue weighted by Gasteiger charge is 2.10. The SMILES string of the molecule is [C-]#[N+]C(C(N)=O)=C(SC)SC. The quantitative estimate of drug-likeness (QED) is 0.536. The molecule has 0 fully saturated rings. The number of rotatable bonds is 3. The number of carbonyl (C=O) groups excluding carboxylic acids is 1. The van der Waals surface area contributed by atoms with Crippen LogP contribution < -0.4 is 5.73 Å². The van der Waals surface area contributed by atoms with Gasteiger partial charge in [-0.25, -0.2) is 4.85 Å². The number of primary amides is 1. The van der Waals surface area contributed by atoms with Crippen molar-refractivity contribution < 1.29 is 4.79 Å². The van der Waals surface area contributed by atoms with Crippen molar-refractivity contribution in [1.29, 1.82) is 0 Å². The van der Waals surface area contributed by atoms with Gasteiger partial charge in [-0.1, -0.05) is 0 Å². The molecule has 0 saturated heterocycles. The first-order chi connectivity index (χ1) is 5.17. The summed E-state index contributed by atoms with van der Waals surface area (Å²) in [5.41, 5.74) is 4.99. The summed E-state index contributed by atoms with van der Waals surface area (Å²) in [4.78, 5) is 13.7. The molecule has 0 aromatic rings. The molecule has 1 amide bonds. The van der Waals surface area contributed by atoms with Gasteiger partial charge in [0.25, 0.3) is 5.70 Å². The molecule has 0 aliphatic rings. The Kier molecular flexibility index (Phi) is 4.83. The van der Waals surface area contributed by atoms with Gasteiger partial charge in [0.2, 0.25) is 5.91 Å². The van der Waals surface area contributed by atoms with Gasteiger partial charge in [0, 0.05) is 0 Å². The highest BCUT2D eigenvalue weighted by Crippen LogP contribution is 2.27. The largest absolute Gasteiger partial charge is 0.375 e. The van der Waals surface area contributed by atoms with Crippen molar-refractivity contribution >= 4 is 29.4 Å². The molecule has 5 heteroatoms. The Morgan fingerprint density at radius 1 is 1.45 bits per heavy atom. The van der Waals surface area contributed by atoms with E-state index in [2.05, 4.69) is 4.85 Å². The third-order valence-corrected chi connectivity index (χ3v) is 3.04. The first-order valence-corrected chi connectivity index (χ1v) is 5.11. The van der Waals surface area contributed by atoms with Crippen LogP contribution in [-0.4, -0.2) is 18.4 Å². The van der Waals surface area contributed by atoms with Crippen LogP contribution in [0.1, 0.15) is 0 Å². The van der Waals surface area contributed by atoms with E-state index in [0.29, 0.717) is 4.24 Å². The van der Waals surface area contributed by atoms with Crippen LogP contribution in [0.3, 0.4) is 0 Å². The Labute approximate surface area is 74.2 Å². The fourth-order valence-corrected chi connectivity index (χ4v) is 1.82. The van der Waals surface area contributed by atoms with Gasteiger partial charge >= 0.3 is 0 Å². The molecule has 0 spiro atoms. The third kappa shape index (κ3) is 2.87. The van der Waals surface area contributed by atoms with E-state index in [1.54, 1.807) is 12.5 Å². The van der Waals surface area contributed by atoms with Crippen molar-refractivity contribution in [2.24, 2.45) is 5.73 Å². The van der Waals surface area contributed by atoms with Gasteiger partial charge in [-0.05, 0) is 12.5 Å². The Hall–Kier alpha value is -0.600. The smallest absolute Gasteiger partial charge is 0.269 e. The predicted molar refractivity (Wildman–Crippen MR) is 49.9 cm³/mol. The molecule has 0 aliphatic carbocycles. The molecule has 3 nitrogen and oxygen atoms in total. The van der Waals surface area contributed by atoms with Gasteiger partial charge in [0.1, 0.15) is 0 Å². The fourth-order valence-electron chi connectivity index (χ4n) is 0.478. The lowest BCUT2D eigenvalue weighted by molar-refractivity contribution is -0.114. The average Bonchev–Trinajstić information content (AvgIpc) is 1.99. The van der Waals surface area contributed by atoms with Crippen LogP contribution in [0.15, 0.2) is 9.93 Å². The summed E-state index contributed by atoms with van der Waals surface area (Å²) in [5, 5.41) is 0. The lowest BCUT2D eigenvalue weighted by Crippen LogP contribution is -2.12. The number of amides is 1. The number of nitrogens with two attached hydrogens (primary N) is 1. The third-order valence-electron chi connectivity index (χ3n) is 0.909. The number of carbonyl (C=O) groups is 1. The molecule has 0 saturated carbocycles. The minimum absolute atomic E-state index is 0.0324. The summed E-state index contributed by atoms with van der Waals surface area (Å²) in [7, 11) is 0. The van der Waals surface area contributed by atoms with Gasteiger partial charge < -0.3 is 5.73 Å². The van der Waals surface area contributed by atoms with Crippen LogP contribution in [0, 0.1) is 6.57 Å². The topological polar surface area (TPSA) is 47.5 Å². The number of hydrogen-bond acceptors (Lipinski definition) is 3. The molecule has 0 unspecified atom stereocenters. The van der Waals surface area contributed by atoms with E-state index in [4.69, 9.17) is 12.3 Å². The maximum Gasteiger partial charge on any atom is 0.269 e. The molecule has 0 radical (unpaired) electrons. The van der Waals surface area contributed by atoms with Crippen molar-refractivity contribution in [3.63, 3.8) is 0 Å². The van der Waals surface area contributed by atoms with Crippen LogP contribution in [0.2, 0.25) is 0 Å². The van der Waals surface area contributed by atoms with Crippen LogP contribution in [-0.2, 0) is 4.79 Å². The standard InChI is InChI=1S/C6H8N2OS2/c1-8-4(5(7)9)6(10-2)11-3/h2-3H3,(H2,7,9). The fraction of sp³-hybridized carbons (Fsp3) is 0.333. The minimum atomic E-state index is -0.654. The van der Waals surface area contributed by atoms with Gasteiger partial charge in [0.05, 0.1) is 10.8 Å². The number of hydrogen-bond donors (Lipinski definition) is 1. The van der Waals surface area contributed by atoms with Gasteiger partial charge in [0.15, 0.2) is 0 Å². The first kappa shape index (κ1) is 10.4. The second-order valence-electron chi connectivity index (χ2n) is 1.52. The predicted octanol–water partition coefficient (Wildman–Crippen LogP) is 1.29. The molecule has 0 heterocycles. The number of nitrogens with zero attached hydrogens (tertiary/aromatic N) is 1. The molecule has 0 aromatic heterocycles. The lowest BCUT2D eigenvalue weighted by atomic mass is 10.5. The highest BCUT2D eigenvalue weighted by molar-refractivity contribution is 8.21. The van der Waals surface area contributed by atoms with E-state index >= 15 is 0 Å². The van der Waals surface area contributed by atoms with E-state index in [-0.39, 0.29) is 5.70 Å². The maximum absolute atomic E-state index is 10.6. The highest BCUT2D eigenvalue weighted by atomic mass is 32.2. The molecule has 0 rings (SSSR count).